The number of nitrogens with two attached hydrogens (primary N) is 1. The Bertz CT molecular complexity index is 498. The quantitative estimate of drug-likeness (QED) is 0.807. The van der Waals surface area contributed by atoms with E-state index < -0.39 is 6.10 Å². The number of nitrogens with zero attached hydrogens (tertiary/aromatic N) is 3. The molecular formula is C11H14N4O2. The Kier molecular flexibility index (Phi) is 3.46. The fourth-order valence-electron chi connectivity index (χ4n) is 1.49. The normalized spacial score (nSPS) is 12.6. The Morgan fingerprint density at radius 1 is 1.53 bits per heavy atom. The largest absolute Gasteiger partial charge is 0.382 e. The third-order valence-corrected chi connectivity index (χ3v) is 2.43. The first kappa shape index (κ1) is 11.7. The van der Waals surface area contributed by atoms with Gasteiger partial charge in [0.05, 0.1) is 0 Å². The van der Waals surface area contributed by atoms with E-state index >= 15 is 0 Å². The molecule has 0 aliphatic carbocycles. The number of aryl methyl sites for hydroxylation is 1. The van der Waals surface area contributed by atoms with E-state index in [-0.39, 0.29) is 12.4 Å². The van der Waals surface area contributed by atoms with Gasteiger partial charge < -0.3 is 15.4 Å². The summed E-state index contributed by atoms with van der Waals surface area (Å²) in [5.74, 6) is 0.500. The van der Waals surface area contributed by atoms with Crippen LogP contribution in [-0.2, 0) is 6.42 Å². The van der Waals surface area contributed by atoms with Crippen LogP contribution in [0.1, 0.15) is 24.5 Å². The molecule has 6 heteroatoms. The van der Waals surface area contributed by atoms with Crippen LogP contribution in [0.3, 0.4) is 0 Å². The summed E-state index contributed by atoms with van der Waals surface area (Å²) in [4.78, 5) is 8.31. The van der Waals surface area contributed by atoms with Crippen LogP contribution in [0.4, 0.5) is 0 Å². The minimum Gasteiger partial charge on any atom is -0.382 e. The van der Waals surface area contributed by atoms with Crippen LogP contribution in [0.25, 0.3) is 11.5 Å². The molecule has 0 bridgehead atoms. The number of pyridine rings is 1. The number of aliphatic hydroxyl groups excluding tert-OH is 1. The molecule has 0 aliphatic rings. The van der Waals surface area contributed by atoms with Crippen molar-refractivity contribution in [1.82, 2.24) is 15.1 Å². The Balaban J connectivity index is 2.37. The standard InChI is InChI=1S/C11H14N4O2/c1-2-7-4-3-5-13-9(7)10-14-11(17-15-10)8(16)6-12/h3-5,8,16H,2,6,12H2,1H3/t8-/m0/s1. The molecule has 0 amide bonds. The molecule has 3 N–H and O–H groups in total. The van der Waals surface area contributed by atoms with E-state index in [2.05, 4.69) is 15.1 Å². The molecular weight excluding hydrogens is 220 g/mol. The highest BCUT2D eigenvalue weighted by atomic mass is 16.5. The number of hydrogen-bond donors (Lipinski definition) is 2. The first-order valence-electron chi connectivity index (χ1n) is 5.42. The predicted octanol–water partition coefficient (Wildman–Crippen LogP) is 0.686. The van der Waals surface area contributed by atoms with Crippen molar-refractivity contribution in [3.05, 3.63) is 29.8 Å². The van der Waals surface area contributed by atoms with Crippen LogP contribution in [0, 0.1) is 0 Å². The molecule has 2 heterocycles. The first-order valence-corrected chi connectivity index (χ1v) is 5.42. The van der Waals surface area contributed by atoms with E-state index in [0.29, 0.717) is 11.5 Å². The zero-order valence-electron chi connectivity index (χ0n) is 9.50. The van der Waals surface area contributed by atoms with Crippen molar-refractivity contribution in [2.24, 2.45) is 5.73 Å². The molecule has 90 valence electrons. The Morgan fingerprint density at radius 3 is 3.06 bits per heavy atom. The number of aliphatic hydroxyl groups is 1. The van der Waals surface area contributed by atoms with Crippen molar-refractivity contribution in [1.29, 1.82) is 0 Å². The second kappa shape index (κ2) is 5.03. The Labute approximate surface area is 98.5 Å². The van der Waals surface area contributed by atoms with Crippen molar-refractivity contribution < 1.29 is 9.63 Å². The highest BCUT2D eigenvalue weighted by molar-refractivity contribution is 5.53. The molecule has 2 aromatic rings. The molecule has 0 fully saturated rings. The van der Waals surface area contributed by atoms with E-state index in [9.17, 15) is 5.11 Å². The fourth-order valence-corrected chi connectivity index (χ4v) is 1.49. The van der Waals surface area contributed by atoms with Crippen molar-refractivity contribution in [3.63, 3.8) is 0 Å². The van der Waals surface area contributed by atoms with Gasteiger partial charge in [-0.3, -0.25) is 4.98 Å². The molecule has 0 saturated heterocycles. The van der Waals surface area contributed by atoms with Crippen molar-refractivity contribution in [2.75, 3.05) is 6.54 Å². The maximum Gasteiger partial charge on any atom is 0.257 e. The topological polar surface area (TPSA) is 98.1 Å². The Hall–Kier alpha value is -1.79. The molecule has 6 nitrogen and oxygen atoms in total. The van der Waals surface area contributed by atoms with Crippen LogP contribution in [0.5, 0.6) is 0 Å². The summed E-state index contributed by atoms with van der Waals surface area (Å²) in [6, 6.07) is 3.82. The minimum atomic E-state index is -0.926. The summed E-state index contributed by atoms with van der Waals surface area (Å²) in [6.45, 7) is 2.07. The highest BCUT2D eigenvalue weighted by Crippen LogP contribution is 2.20. The van der Waals surface area contributed by atoms with Gasteiger partial charge in [0.25, 0.3) is 5.89 Å². The summed E-state index contributed by atoms with van der Waals surface area (Å²) in [5.41, 5.74) is 7.02. The molecule has 0 spiro atoms. The van der Waals surface area contributed by atoms with Crippen LogP contribution in [0.15, 0.2) is 22.9 Å². The molecule has 2 rings (SSSR count). The van der Waals surface area contributed by atoms with E-state index in [1.165, 1.54) is 0 Å². The van der Waals surface area contributed by atoms with E-state index in [0.717, 1.165) is 12.0 Å². The molecule has 0 aliphatic heterocycles. The van der Waals surface area contributed by atoms with Gasteiger partial charge in [0, 0.05) is 12.7 Å². The van der Waals surface area contributed by atoms with Gasteiger partial charge in [-0.25, -0.2) is 0 Å². The Morgan fingerprint density at radius 2 is 2.35 bits per heavy atom. The lowest BCUT2D eigenvalue weighted by Gasteiger charge is -2.01. The second-order valence-electron chi connectivity index (χ2n) is 3.57. The number of aromatic nitrogens is 3. The van der Waals surface area contributed by atoms with Crippen LogP contribution >= 0.6 is 0 Å². The van der Waals surface area contributed by atoms with Gasteiger partial charge in [-0.05, 0) is 18.1 Å². The van der Waals surface area contributed by atoms with Gasteiger partial charge in [-0.2, -0.15) is 4.98 Å². The lowest BCUT2D eigenvalue weighted by atomic mass is 10.1. The van der Waals surface area contributed by atoms with Gasteiger partial charge in [-0.1, -0.05) is 18.1 Å². The average Bonchev–Trinajstić information content (AvgIpc) is 2.87. The third kappa shape index (κ3) is 2.32. The summed E-state index contributed by atoms with van der Waals surface area (Å²) >= 11 is 0. The monoisotopic (exact) mass is 234 g/mol. The highest BCUT2D eigenvalue weighted by Gasteiger charge is 2.17. The molecule has 0 unspecified atom stereocenters. The summed E-state index contributed by atoms with van der Waals surface area (Å²) in [5, 5.41) is 13.3. The van der Waals surface area contributed by atoms with Crippen molar-refractivity contribution >= 4 is 0 Å². The average molecular weight is 234 g/mol. The fraction of sp³-hybridized carbons (Fsp3) is 0.364. The third-order valence-electron chi connectivity index (χ3n) is 2.43. The molecule has 1 atom stereocenters. The van der Waals surface area contributed by atoms with E-state index in [1.54, 1.807) is 6.20 Å². The molecule has 2 aromatic heterocycles. The minimum absolute atomic E-state index is 0.0461. The summed E-state index contributed by atoms with van der Waals surface area (Å²) < 4.78 is 4.94. The van der Waals surface area contributed by atoms with E-state index in [4.69, 9.17) is 10.3 Å². The zero-order valence-corrected chi connectivity index (χ0v) is 9.50. The number of rotatable bonds is 4. The molecule has 0 saturated carbocycles. The lowest BCUT2D eigenvalue weighted by Crippen LogP contribution is -2.11. The second-order valence-corrected chi connectivity index (χ2v) is 3.57. The smallest absolute Gasteiger partial charge is 0.257 e. The van der Waals surface area contributed by atoms with Gasteiger partial charge in [0.2, 0.25) is 5.82 Å². The first-order chi connectivity index (χ1) is 8.26. The van der Waals surface area contributed by atoms with Crippen LogP contribution in [0.2, 0.25) is 0 Å². The number of hydrogen-bond acceptors (Lipinski definition) is 6. The zero-order chi connectivity index (χ0) is 12.3. The van der Waals surface area contributed by atoms with Gasteiger partial charge >= 0.3 is 0 Å². The van der Waals surface area contributed by atoms with Crippen molar-refractivity contribution in [3.8, 4) is 11.5 Å². The summed E-state index contributed by atoms with van der Waals surface area (Å²) in [7, 11) is 0. The molecule has 0 radical (unpaired) electrons. The van der Waals surface area contributed by atoms with E-state index in [1.807, 2.05) is 19.1 Å². The lowest BCUT2D eigenvalue weighted by molar-refractivity contribution is 0.141. The van der Waals surface area contributed by atoms with Crippen molar-refractivity contribution in [2.45, 2.75) is 19.4 Å². The maximum absolute atomic E-state index is 9.47. The van der Waals surface area contributed by atoms with Gasteiger partial charge in [-0.15, -0.1) is 0 Å². The predicted molar refractivity (Wildman–Crippen MR) is 60.9 cm³/mol. The van der Waals surface area contributed by atoms with Crippen LogP contribution in [-0.4, -0.2) is 26.8 Å². The maximum atomic E-state index is 9.47. The van der Waals surface area contributed by atoms with Crippen LogP contribution < -0.4 is 5.73 Å². The van der Waals surface area contributed by atoms with Gasteiger partial charge in [0.1, 0.15) is 11.8 Å². The summed E-state index contributed by atoms with van der Waals surface area (Å²) in [6.07, 6.45) is 1.57. The SMILES string of the molecule is CCc1cccnc1-c1noc([C@@H](O)CN)n1. The molecule has 0 aromatic carbocycles. The van der Waals surface area contributed by atoms with Gasteiger partial charge in [0.15, 0.2) is 0 Å². The molecule has 17 heavy (non-hydrogen) atoms.